The summed E-state index contributed by atoms with van der Waals surface area (Å²) >= 11 is 0. The first kappa shape index (κ1) is 26.9. The monoisotopic (exact) mass is 582 g/mol. The molecule has 2 heterocycles. The van der Waals surface area contributed by atoms with Gasteiger partial charge < -0.3 is 33.2 Å². The van der Waals surface area contributed by atoms with E-state index in [-0.39, 0.29) is 25.8 Å². The summed E-state index contributed by atoms with van der Waals surface area (Å²) in [6.07, 6.45) is -0.651. The molecule has 1 fully saturated rings. The predicted octanol–water partition coefficient (Wildman–Crippen LogP) is 5.36. The van der Waals surface area contributed by atoms with Gasteiger partial charge in [-0.25, -0.2) is 0 Å². The number of hydrogen-bond acceptors (Lipinski definition) is 9. The molecule has 9 nitrogen and oxygen atoms in total. The number of carbonyl (C=O) groups is 2. The second kappa shape index (κ2) is 10.7. The number of methoxy groups -OCH3 is 3. The third kappa shape index (κ3) is 4.47. The molecule has 220 valence electrons. The number of hydrogen-bond donors (Lipinski definition) is 0. The summed E-state index contributed by atoms with van der Waals surface area (Å²) in [5.41, 5.74) is 3.16. The molecule has 7 rings (SSSR count). The summed E-state index contributed by atoms with van der Waals surface area (Å²) in [6.45, 7) is 0.192. The first-order chi connectivity index (χ1) is 21.0. The molecule has 0 spiro atoms. The normalized spacial score (nSPS) is 21.5. The van der Waals surface area contributed by atoms with Crippen molar-refractivity contribution in [2.24, 2.45) is 11.8 Å². The van der Waals surface area contributed by atoms with E-state index in [0.29, 0.717) is 28.7 Å². The molecule has 0 amide bonds. The number of esters is 2. The van der Waals surface area contributed by atoms with E-state index in [1.54, 1.807) is 14.2 Å². The lowest BCUT2D eigenvalue weighted by Crippen LogP contribution is -2.36. The van der Waals surface area contributed by atoms with Crippen LogP contribution in [0.4, 0.5) is 0 Å². The molecular formula is C34H30O9. The van der Waals surface area contributed by atoms with E-state index < -0.39 is 29.8 Å². The number of fused-ring (bicyclic) bond motifs is 4. The Bertz CT molecular complexity index is 1720. The van der Waals surface area contributed by atoms with Crippen molar-refractivity contribution in [3.63, 3.8) is 0 Å². The predicted molar refractivity (Wildman–Crippen MR) is 155 cm³/mol. The van der Waals surface area contributed by atoms with Crippen molar-refractivity contribution < 1.29 is 42.7 Å². The lowest BCUT2D eigenvalue weighted by molar-refractivity contribution is -0.153. The average molecular weight is 583 g/mol. The van der Waals surface area contributed by atoms with E-state index in [1.165, 1.54) is 7.11 Å². The Morgan fingerprint density at radius 3 is 2.26 bits per heavy atom. The van der Waals surface area contributed by atoms with Crippen LogP contribution in [0.15, 0.2) is 66.7 Å². The van der Waals surface area contributed by atoms with Crippen LogP contribution in [-0.4, -0.2) is 46.7 Å². The zero-order valence-electron chi connectivity index (χ0n) is 24.0. The van der Waals surface area contributed by atoms with E-state index in [1.807, 2.05) is 66.7 Å². The molecule has 0 bridgehead atoms. The third-order valence-electron chi connectivity index (χ3n) is 8.64. The fourth-order valence-corrected chi connectivity index (χ4v) is 6.73. The smallest absolute Gasteiger partial charge is 0.310 e. The standard InChI is InChI=1S/C34H30O9/c1-37-27-11-20(12-28(38-2)33(27)39-3)30-22-14-25-26(42-17-41-25)15-23(22)32(24-16-40-34(36)31(24)30)43-29(35)13-19-9-6-8-18-7-4-5-10-21(18)19/h4-12,14-15,24,30-32H,13,16-17H2,1-3H3/t24?,30-,31+,32?/m1/s1. The van der Waals surface area contributed by atoms with Crippen LogP contribution in [0.1, 0.15) is 34.3 Å². The minimum Gasteiger partial charge on any atom is -0.493 e. The molecule has 0 N–H and O–H groups in total. The van der Waals surface area contributed by atoms with Crippen molar-refractivity contribution in [3.8, 4) is 28.7 Å². The number of benzene rings is 4. The summed E-state index contributed by atoms with van der Waals surface area (Å²) in [5, 5.41) is 2.04. The fourth-order valence-electron chi connectivity index (χ4n) is 6.73. The molecule has 43 heavy (non-hydrogen) atoms. The average Bonchev–Trinajstić information content (AvgIpc) is 3.65. The molecule has 0 radical (unpaired) electrons. The summed E-state index contributed by atoms with van der Waals surface area (Å²) in [5.74, 6) is 0.204. The fraction of sp³-hybridized carbons (Fsp3) is 0.294. The lowest BCUT2D eigenvalue weighted by Gasteiger charge is -2.38. The van der Waals surface area contributed by atoms with E-state index >= 15 is 0 Å². The number of cyclic esters (lactones) is 1. The van der Waals surface area contributed by atoms with Crippen LogP contribution >= 0.6 is 0 Å². The molecular weight excluding hydrogens is 552 g/mol. The highest BCUT2D eigenvalue weighted by atomic mass is 16.7. The van der Waals surface area contributed by atoms with Crippen molar-refractivity contribution in [2.75, 3.05) is 34.7 Å². The van der Waals surface area contributed by atoms with Gasteiger partial charge in [0.15, 0.2) is 23.0 Å². The number of ether oxygens (including phenoxy) is 7. The molecule has 1 aliphatic carbocycles. The van der Waals surface area contributed by atoms with Crippen LogP contribution in [-0.2, 0) is 25.5 Å². The van der Waals surface area contributed by atoms with Gasteiger partial charge in [0.1, 0.15) is 6.10 Å². The van der Waals surface area contributed by atoms with Crippen molar-refractivity contribution in [3.05, 3.63) is 89.0 Å². The van der Waals surface area contributed by atoms with Gasteiger partial charge in [0.25, 0.3) is 0 Å². The minimum absolute atomic E-state index is 0.0769. The van der Waals surface area contributed by atoms with Crippen LogP contribution in [0.3, 0.4) is 0 Å². The van der Waals surface area contributed by atoms with Crippen molar-refractivity contribution in [2.45, 2.75) is 18.4 Å². The molecule has 9 heteroatoms. The zero-order chi connectivity index (χ0) is 29.7. The highest BCUT2D eigenvalue weighted by molar-refractivity contribution is 5.89. The molecule has 2 unspecified atom stereocenters. The summed E-state index contributed by atoms with van der Waals surface area (Å²) in [7, 11) is 4.64. The second-order valence-electron chi connectivity index (χ2n) is 10.8. The van der Waals surface area contributed by atoms with Crippen molar-refractivity contribution >= 4 is 22.7 Å². The highest BCUT2D eigenvalue weighted by Gasteiger charge is 2.54. The Morgan fingerprint density at radius 1 is 0.837 bits per heavy atom. The maximum atomic E-state index is 13.6. The van der Waals surface area contributed by atoms with Crippen LogP contribution in [0, 0.1) is 11.8 Å². The second-order valence-corrected chi connectivity index (χ2v) is 10.8. The van der Waals surface area contributed by atoms with E-state index in [4.69, 9.17) is 33.2 Å². The minimum atomic E-state index is -0.735. The molecule has 1 saturated heterocycles. The van der Waals surface area contributed by atoms with Gasteiger partial charge in [-0.1, -0.05) is 42.5 Å². The van der Waals surface area contributed by atoms with Gasteiger partial charge in [0.05, 0.1) is 40.3 Å². The molecule has 0 saturated carbocycles. The van der Waals surface area contributed by atoms with Gasteiger partial charge in [0.2, 0.25) is 12.5 Å². The largest absolute Gasteiger partial charge is 0.493 e. The maximum Gasteiger partial charge on any atom is 0.310 e. The van der Waals surface area contributed by atoms with E-state index in [0.717, 1.165) is 33.0 Å². The van der Waals surface area contributed by atoms with Gasteiger partial charge in [-0.3, -0.25) is 9.59 Å². The van der Waals surface area contributed by atoms with Gasteiger partial charge in [0, 0.05) is 17.4 Å². The number of rotatable bonds is 7. The van der Waals surface area contributed by atoms with Crippen molar-refractivity contribution in [1.82, 2.24) is 0 Å². The Balaban J connectivity index is 1.32. The first-order valence-corrected chi connectivity index (χ1v) is 14.1. The lowest BCUT2D eigenvalue weighted by atomic mass is 9.66. The molecule has 2 aliphatic heterocycles. The SMILES string of the molecule is COc1cc([C@@H]2c3cc4c(cc3C(OC(=O)Cc3cccc5ccccc35)C3COC(=O)[C@@H]32)OCO4)cc(OC)c1OC. The van der Waals surface area contributed by atoms with E-state index in [2.05, 4.69) is 0 Å². The summed E-state index contributed by atoms with van der Waals surface area (Å²) < 4.78 is 40.2. The van der Waals surface area contributed by atoms with Crippen LogP contribution in [0.25, 0.3) is 10.8 Å². The topological polar surface area (TPSA) is 98.8 Å². The van der Waals surface area contributed by atoms with Gasteiger partial charge >= 0.3 is 11.9 Å². The van der Waals surface area contributed by atoms with Crippen LogP contribution < -0.4 is 23.7 Å². The highest BCUT2D eigenvalue weighted by Crippen LogP contribution is 2.56. The number of carbonyl (C=O) groups excluding carboxylic acids is 2. The van der Waals surface area contributed by atoms with Crippen LogP contribution in [0.2, 0.25) is 0 Å². The molecule has 4 atom stereocenters. The van der Waals surface area contributed by atoms with Gasteiger partial charge in [-0.2, -0.15) is 0 Å². The Morgan fingerprint density at radius 2 is 1.53 bits per heavy atom. The molecule has 0 aromatic heterocycles. The zero-order valence-corrected chi connectivity index (χ0v) is 24.0. The summed E-state index contributed by atoms with van der Waals surface area (Å²) in [6, 6.07) is 21.2. The molecule has 4 aromatic rings. The summed E-state index contributed by atoms with van der Waals surface area (Å²) in [4.78, 5) is 27.0. The first-order valence-electron chi connectivity index (χ1n) is 14.1. The Hall–Kier alpha value is -4.92. The van der Waals surface area contributed by atoms with Gasteiger partial charge in [-0.15, -0.1) is 0 Å². The molecule has 4 aromatic carbocycles. The molecule has 3 aliphatic rings. The van der Waals surface area contributed by atoms with Gasteiger partial charge in [-0.05, 0) is 51.7 Å². The van der Waals surface area contributed by atoms with E-state index in [9.17, 15) is 9.59 Å². The third-order valence-corrected chi connectivity index (χ3v) is 8.64. The quantitative estimate of drug-likeness (QED) is 0.267. The maximum absolute atomic E-state index is 13.6. The van der Waals surface area contributed by atoms with Crippen molar-refractivity contribution in [1.29, 1.82) is 0 Å². The van der Waals surface area contributed by atoms with Crippen LogP contribution in [0.5, 0.6) is 28.7 Å². The Kier molecular flexibility index (Phi) is 6.72. The Labute approximate surface area is 248 Å².